The van der Waals surface area contributed by atoms with E-state index in [4.69, 9.17) is 5.73 Å². The molecule has 5 nitrogen and oxygen atoms in total. The third-order valence-corrected chi connectivity index (χ3v) is 2.66. The minimum Gasteiger partial charge on any atom is -0.399 e. The predicted molar refractivity (Wildman–Crippen MR) is 71.0 cm³/mol. The van der Waals surface area contributed by atoms with Gasteiger partial charge in [0.1, 0.15) is 6.04 Å². The zero-order valence-corrected chi connectivity index (χ0v) is 10.9. The maximum Gasteiger partial charge on any atom is 0.251 e. The van der Waals surface area contributed by atoms with Crippen molar-refractivity contribution >= 4 is 17.5 Å². The second-order valence-corrected chi connectivity index (χ2v) is 4.43. The van der Waals surface area contributed by atoms with Crippen LogP contribution in [0.2, 0.25) is 0 Å². The highest BCUT2D eigenvalue weighted by Crippen LogP contribution is 2.07. The van der Waals surface area contributed by atoms with Crippen molar-refractivity contribution in [1.29, 1.82) is 0 Å². The Bertz CT molecular complexity index is 426. The summed E-state index contributed by atoms with van der Waals surface area (Å²) in [6.07, 6.45) is 0. The number of benzene rings is 1. The second-order valence-electron chi connectivity index (χ2n) is 4.43. The number of likely N-dealkylation sites (N-methyl/N-ethyl adjacent to an activating group) is 1. The van der Waals surface area contributed by atoms with Crippen molar-refractivity contribution in [2.24, 2.45) is 5.92 Å². The van der Waals surface area contributed by atoms with E-state index in [1.54, 1.807) is 31.3 Å². The molecule has 0 aliphatic rings. The number of carbonyl (C=O) groups is 2. The smallest absolute Gasteiger partial charge is 0.251 e. The maximum atomic E-state index is 12.0. The van der Waals surface area contributed by atoms with Crippen molar-refractivity contribution in [3.63, 3.8) is 0 Å². The number of nitrogen functional groups attached to an aromatic ring is 1. The molecule has 0 fully saturated rings. The van der Waals surface area contributed by atoms with Crippen molar-refractivity contribution < 1.29 is 9.59 Å². The molecule has 1 aromatic rings. The van der Waals surface area contributed by atoms with E-state index in [-0.39, 0.29) is 17.7 Å². The summed E-state index contributed by atoms with van der Waals surface area (Å²) >= 11 is 0. The molecule has 5 heteroatoms. The molecule has 2 amide bonds. The summed E-state index contributed by atoms with van der Waals surface area (Å²) < 4.78 is 0. The van der Waals surface area contributed by atoms with Crippen LogP contribution in [0.4, 0.5) is 5.69 Å². The molecule has 0 aliphatic heterocycles. The molecule has 1 rings (SSSR count). The molecule has 0 heterocycles. The SMILES string of the molecule is CNC(=O)C(NC(=O)c1ccc(N)cc1)C(C)C. The lowest BCUT2D eigenvalue weighted by molar-refractivity contribution is -0.123. The fourth-order valence-electron chi connectivity index (χ4n) is 1.55. The standard InChI is InChI=1S/C13H19N3O2/c1-8(2)11(13(18)15-3)16-12(17)9-4-6-10(14)7-5-9/h4-8,11H,14H2,1-3H3,(H,15,18)(H,16,17). The Morgan fingerprint density at radius 1 is 1.17 bits per heavy atom. The number of nitrogens with one attached hydrogen (secondary N) is 2. The number of amides is 2. The van der Waals surface area contributed by atoms with Crippen LogP contribution in [-0.4, -0.2) is 24.9 Å². The maximum absolute atomic E-state index is 12.0. The number of rotatable bonds is 4. The topological polar surface area (TPSA) is 84.2 Å². The van der Waals surface area contributed by atoms with Crippen LogP contribution in [0.5, 0.6) is 0 Å². The van der Waals surface area contributed by atoms with Crippen LogP contribution < -0.4 is 16.4 Å². The van der Waals surface area contributed by atoms with E-state index in [0.29, 0.717) is 11.3 Å². The van der Waals surface area contributed by atoms with E-state index in [1.807, 2.05) is 13.8 Å². The number of hydrogen-bond donors (Lipinski definition) is 3. The summed E-state index contributed by atoms with van der Waals surface area (Å²) in [5.74, 6) is -0.464. The van der Waals surface area contributed by atoms with Crippen molar-refractivity contribution in [3.8, 4) is 0 Å². The summed E-state index contributed by atoms with van der Waals surface area (Å²) in [4.78, 5) is 23.6. The number of hydrogen-bond acceptors (Lipinski definition) is 3. The molecule has 0 radical (unpaired) electrons. The first-order valence-electron chi connectivity index (χ1n) is 5.83. The average molecular weight is 249 g/mol. The first-order chi connectivity index (χ1) is 8.45. The Balaban J connectivity index is 2.78. The van der Waals surface area contributed by atoms with Gasteiger partial charge in [0, 0.05) is 18.3 Å². The first-order valence-corrected chi connectivity index (χ1v) is 5.83. The summed E-state index contributed by atoms with van der Waals surface area (Å²) in [5.41, 5.74) is 6.63. The Morgan fingerprint density at radius 3 is 2.17 bits per heavy atom. The summed E-state index contributed by atoms with van der Waals surface area (Å²) in [6.45, 7) is 3.76. The molecule has 1 aromatic carbocycles. The quantitative estimate of drug-likeness (QED) is 0.689. The summed E-state index contributed by atoms with van der Waals surface area (Å²) in [6, 6.07) is 6.02. The van der Waals surface area contributed by atoms with E-state index in [0.717, 1.165) is 0 Å². The van der Waals surface area contributed by atoms with Gasteiger partial charge in [0.2, 0.25) is 5.91 Å². The molecule has 0 bridgehead atoms. The Morgan fingerprint density at radius 2 is 1.72 bits per heavy atom. The van der Waals surface area contributed by atoms with E-state index >= 15 is 0 Å². The van der Waals surface area contributed by atoms with E-state index in [9.17, 15) is 9.59 Å². The van der Waals surface area contributed by atoms with Gasteiger partial charge in [-0.1, -0.05) is 13.8 Å². The predicted octanol–water partition coefficient (Wildman–Crippen LogP) is 0.769. The lowest BCUT2D eigenvalue weighted by Crippen LogP contribution is -2.48. The average Bonchev–Trinajstić information content (AvgIpc) is 2.35. The van der Waals surface area contributed by atoms with E-state index < -0.39 is 6.04 Å². The number of nitrogens with two attached hydrogens (primary N) is 1. The summed E-state index contributed by atoms with van der Waals surface area (Å²) in [5, 5.41) is 5.25. The lowest BCUT2D eigenvalue weighted by Gasteiger charge is -2.20. The minimum atomic E-state index is -0.542. The van der Waals surface area contributed by atoms with Gasteiger partial charge in [-0.05, 0) is 30.2 Å². The van der Waals surface area contributed by atoms with Gasteiger partial charge in [-0.15, -0.1) is 0 Å². The molecule has 0 saturated heterocycles. The van der Waals surface area contributed by atoms with Crippen molar-refractivity contribution in [2.45, 2.75) is 19.9 Å². The molecule has 0 aliphatic carbocycles. The molecular weight excluding hydrogens is 230 g/mol. The molecular formula is C13H19N3O2. The monoisotopic (exact) mass is 249 g/mol. The Hall–Kier alpha value is -2.04. The van der Waals surface area contributed by atoms with Crippen molar-refractivity contribution in [3.05, 3.63) is 29.8 Å². The molecule has 1 unspecified atom stereocenters. The molecule has 98 valence electrons. The van der Waals surface area contributed by atoms with Crippen LogP contribution in [0.15, 0.2) is 24.3 Å². The first kappa shape index (κ1) is 14.0. The van der Waals surface area contributed by atoms with Gasteiger partial charge in [0.15, 0.2) is 0 Å². The van der Waals surface area contributed by atoms with Gasteiger partial charge in [0.05, 0.1) is 0 Å². The van der Waals surface area contributed by atoms with Gasteiger partial charge in [-0.25, -0.2) is 0 Å². The summed E-state index contributed by atoms with van der Waals surface area (Å²) in [7, 11) is 1.55. The second kappa shape index (κ2) is 6.05. The molecule has 18 heavy (non-hydrogen) atoms. The third-order valence-electron chi connectivity index (χ3n) is 2.66. The fraction of sp³-hybridized carbons (Fsp3) is 0.385. The van der Waals surface area contributed by atoms with Gasteiger partial charge in [-0.3, -0.25) is 9.59 Å². The lowest BCUT2D eigenvalue weighted by atomic mass is 10.0. The van der Waals surface area contributed by atoms with Gasteiger partial charge in [-0.2, -0.15) is 0 Å². The van der Waals surface area contributed by atoms with Crippen LogP contribution in [0.3, 0.4) is 0 Å². The molecule has 4 N–H and O–H groups in total. The van der Waals surface area contributed by atoms with Crippen LogP contribution in [0.1, 0.15) is 24.2 Å². The van der Waals surface area contributed by atoms with E-state index in [2.05, 4.69) is 10.6 Å². The normalized spacial score (nSPS) is 12.0. The van der Waals surface area contributed by atoms with Gasteiger partial charge < -0.3 is 16.4 Å². The third kappa shape index (κ3) is 3.48. The van der Waals surface area contributed by atoms with Crippen molar-refractivity contribution in [2.75, 3.05) is 12.8 Å². The number of carbonyl (C=O) groups excluding carboxylic acids is 2. The van der Waals surface area contributed by atoms with Crippen LogP contribution in [0, 0.1) is 5.92 Å². The largest absolute Gasteiger partial charge is 0.399 e. The minimum absolute atomic E-state index is 0.0164. The van der Waals surface area contributed by atoms with Crippen molar-refractivity contribution in [1.82, 2.24) is 10.6 Å². The molecule has 1 atom stereocenters. The van der Waals surface area contributed by atoms with Gasteiger partial charge in [0.25, 0.3) is 5.91 Å². The zero-order valence-electron chi connectivity index (χ0n) is 10.9. The highest BCUT2D eigenvalue weighted by molar-refractivity contribution is 5.97. The van der Waals surface area contributed by atoms with Crippen LogP contribution in [-0.2, 0) is 4.79 Å². The highest BCUT2D eigenvalue weighted by atomic mass is 16.2. The zero-order chi connectivity index (χ0) is 13.7. The number of anilines is 1. The van der Waals surface area contributed by atoms with Gasteiger partial charge >= 0.3 is 0 Å². The molecule has 0 aromatic heterocycles. The van der Waals surface area contributed by atoms with E-state index in [1.165, 1.54) is 0 Å². The Kier molecular flexibility index (Phi) is 4.71. The van der Waals surface area contributed by atoms with Crippen LogP contribution >= 0.6 is 0 Å². The highest BCUT2D eigenvalue weighted by Gasteiger charge is 2.23. The Labute approximate surface area is 107 Å². The fourth-order valence-corrected chi connectivity index (χ4v) is 1.55. The van der Waals surface area contributed by atoms with Crippen LogP contribution in [0.25, 0.3) is 0 Å². The molecule has 0 spiro atoms. The molecule has 0 saturated carbocycles.